The van der Waals surface area contributed by atoms with E-state index in [9.17, 15) is 9.59 Å². The molecule has 2 atom stereocenters. The van der Waals surface area contributed by atoms with Crippen molar-refractivity contribution in [3.05, 3.63) is 83.1 Å². The summed E-state index contributed by atoms with van der Waals surface area (Å²) in [6.07, 6.45) is 1.81. The van der Waals surface area contributed by atoms with Gasteiger partial charge >= 0.3 is 0 Å². The molecule has 2 heterocycles. The van der Waals surface area contributed by atoms with E-state index in [1.807, 2.05) is 55.5 Å². The number of amides is 2. The van der Waals surface area contributed by atoms with Gasteiger partial charge in [-0.15, -0.1) is 11.8 Å². The van der Waals surface area contributed by atoms with E-state index >= 15 is 0 Å². The largest absolute Gasteiger partial charge is 0.487 e. The van der Waals surface area contributed by atoms with Gasteiger partial charge in [0.05, 0.1) is 22.7 Å². The molecule has 1 aromatic heterocycles. The molecule has 164 valence electrons. The first-order valence-corrected chi connectivity index (χ1v) is 11.4. The Balaban J connectivity index is 1.33. The maximum Gasteiger partial charge on any atom is 0.238 e. The van der Waals surface area contributed by atoms with Crippen LogP contribution in [0.2, 0.25) is 5.02 Å². The smallest absolute Gasteiger partial charge is 0.238 e. The SMILES string of the molecule is CC(NC(=O)CC1Sc2ccc(Cl)cc2NC1=O)c1cccc(OCc2ccccn2)c1. The molecule has 0 saturated carbocycles. The molecule has 0 spiro atoms. The van der Waals surface area contributed by atoms with Crippen LogP contribution in [0, 0.1) is 0 Å². The Kier molecular flexibility index (Phi) is 6.97. The van der Waals surface area contributed by atoms with Crippen molar-refractivity contribution in [2.45, 2.75) is 36.1 Å². The molecule has 1 aliphatic rings. The van der Waals surface area contributed by atoms with Crippen LogP contribution in [0.15, 0.2) is 71.8 Å². The van der Waals surface area contributed by atoms with E-state index in [2.05, 4.69) is 15.6 Å². The summed E-state index contributed by atoms with van der Waals surface area (Å²) in [5.41, 5.74) is 2.43. The van der Waals surface area contributed by atoms with Gasteiger partial charge in [0, 0.05) is 22.5 Å². The summed E-state index contributed by atoms with van der Waals surface area (Å²) in [5, 5.41) is 5.87. The fraction of sp³-hybridized carbons (Fsp3) is 0.208. The Hall–Kier alpha value is -3.03. The number of nitrogens with zero attached hydrogens (tertiary/aromatic N) is 1. The van der Waals surface area contributed by atoms with Gasteiger partial charge in [0.2, 0.25) is 11.8 Å². The average Bonchev–Trinajstić information content (AvgIpc) is 2.79. The van der Waals surface area contributed by atoms with E-state index < -0.39 is 5.25 Å². The monoisotopic (exact) mass is 467 g/mol. The number of carbonyl (C=O) groups excluding carboxylic acids is 2. The van der Waals surface area contributed by atoms with Crippen LogP contribution >= 0.6 is 23.4 Å². The standard InChI is InChI=1S/C24H22ClN3O3S/c1-15(16-5-4-7-19(11-16)31-14-18-6-2-3-10-26-18)27-23(29)13-22-24(30)28-20-12-17(25)8-9-21(20)32-22/h2-12,15,22H,13-14H2,1H3,(H,27,29)(H,28,30). The lowest BCUT2D eigenvalue weighted by Crippen LogP contribution is -2.35. The molecule has 0 radical (unpaired) electrons. The predicted molar refractivity (Wildman–Crippen MR) is 126 cm³/mol. The number of ether oxygens (including phenoxy) is 1. The zero-order chi connectivity index (χ0) is 22.5. The molecule has 2 unspecified atom stereocenters. The number of pyridine rings is 1. The van der Waals surface area contributed by atoms with Gasteiger partial charge in [0.15, 0.2) is 0 Å². The summed E-state index contributed by atoms with van der Waals surface area (Å²) in [4.78, 5) is 30.2. The van der Waals surface area contributed by atoms with Crippen molar-refractivity contribution < 1.29 is 14.3 Å². The molecule has 2 aromatic carbocycles. The number of carbonyl (C=O) groups is 2. The Labute approximate surface area is 195 Å². The number of benzene rings is 2. The Morgan fingerprint density at radius 3 is 2.91 bits per heavy atom. The number of anilines is 1. The minimum atomic E-state index is -0.496. The summed E-state index contributed by atoms with van der Waals surface area (Å²) in [7, 11) is 0. The first kappa shape index (κ1) is 22.2. The van der Waals surface area contributed by atoms with E-state index in [4.69, 9.17) is 16.3 Å². The number of fused-ring (bicyclic) bond motifs is 1. The number of aromatic nitrogens is 1. The molecule has 8 heteroatoms. The first-order valence-electron chi connectivity index (χ1n) is 10.2. The molecule has 2 amide bonds. The van der Waals surface area contributed by atoms with Crippen molar-refractivity contribution >= 4 is 40.9 Å². The van der Waals surface area contributed by atoms with E-state index in [0.29, 0.717) is 23.1 Å². The molecular formula is C24H22ClN3O3S. The van der Waals surface area contributed by atoms with Crippen molar-refractivity contribution in [1.29, 1.82) is 0 Å². The minimum Gasteiger partial charge on any atom is -0.487 e. The Morgan fingerprint density at radius 2 is 2.09 bits per heavy atom. The Bertz CT molecular complexity index is 1130. The Morgan fingerprint density at radius 1 is 1.22 bits per heavy atom. The van der Waals surface area contributed by atoms with Gasteiger partial charge in [-0.2, -0.15) is 0 Å². The molecule has 0 aliphatic carbocycles. The van der Waals surface area contributed by atoms with E-state index in [0.717, 1.165) is 16.2 Å². The zero-order valence-electron chi connectivity index (χ0n) is 17.4. The molecule has 6 nitrogen and oxygen atoms in total. The second kappa shape index (κ2) is 10.1. The van der Waals surface area contributed by atoms with Crippen LogP contribution in [-0.4, -0.2) is 22.0 Å². The topological polar surface area (TPSA) is 80.3 Å². The molecule has 0 saturated heterocycles. The van der Waals surface area contributed by atoms with Crippen LogP contribution in [0.25, 0.3) is 0 Å². The fourth-order valence-corrected chi connectivity index (χ4v) is 4.59. The van der Waals surface area contributed by atoms with Crippen LogP contribution in [-0.2, 0) is 16.2 Å². The van der Waals surface area contributed by atoms with Crippen LogP contribution in [0.5, 0.6) is 5.75 Å². The van der Waals surface area contributed by atoms with Gasteiger partial charge in [0.1, 0.15) is 12.4 Å². The molecule has 2 N–H and O–H groups in total. The number of hydrogen-bond acceptors (Lipinski definition) is 5. The summed E-state index contributed by atoms with van der Waals surface area (Å²) in [5.74, 6) is 0.312. The second-order valence-electron chi connectivity index (χ2n) is 7.41. The van der Waals surface area contributed by atoms with E-state index in [1.165, 1.54) is 11.8 Å². The van der Waals surface area contributed by atoms with Crippen molar-refractivity contribution in [3.63, 3.8) is 0 Å². The summed E-state index contributed by atoms with van der Waals surface area (Å²) < 4.78 is 5.82. The highest BCUT2D eigenvalue weighted by Crippen LogP contribution is 2.38. The summed E-state index contributed by atoms with van der Waals surface area (Å²) in [6.45, 7) is 2.27. The lowest BCUT2D eigenvalue weighted by atomic mass is 10.1. The molecular weight excluding hydrogens is 446 g/mol. The van der Waals surface area contributed by atoms with Gasteiger partial charge in [-0.1, -0.05) is 29.8 Å². The third-order valence-electron chi connectivity index (χ3n) is 4.98. The normalized spacial score (nSPS) is 15.9. The van der Waals surface area contributed by atoms with Crippen LogP contribution < -0.4 is 15.4 Å². The van der Waals surface area contributed by atoms with Crippen molar-refractivity contribution in [2.75, 3.05) is 5.32 Å². The average molecular weight is 468 g/mol. The minimum absolute atomic E-state index is 0.0821. The van der Waals surface area contributed by atoms with Crippen molar-refractivity contribution in [3.8, 4) is 5.75 Å². The number of thioether (sulfide) groups is 1. The number of halogens is 1. The fourth-order valence-electron chi connectivity index (χ4n) is 3.32. The molecule has 3 aromatic rings. The molecule has 0 bridgehead atoms. The number of rotatable bonds is 7. The molecule has 0 fully saturated rings. The highest BCUT2D eigenvalue weighted by atomic mass is 35.5. The van der Waals surface area contributed by atoms with E-state index in [-0.39, 0.29) is 24.3 Å². The van der Waals surface area contributed by atoms with Gasteiger partial charge in [-0.05, 0) is 55.0 Å². The molecule has 4 rings (SSSR count). The third-order valence-corrected chi connectivity index (χ3v) is 6.49. The lowest BCUT2D eigenvalue weighted by Gasteiger charge is -2.24. The van der Waals surface area contributed by atoms with Gasteiger partial charge in [0.25, 0.3) is 0 Å². The maximum absolute atomic E-state index is 12.6. The summed E-state index contributed by atoms with van der Waals surface area (Å²) >= 11 is 7.36. The molecule has 32 heavy (non-hydrogen) atoms. The third kappa shape index (κ3) is 5.60. The van der Waals surface area contributed by atoms with E-state index in [1.54, 1.807) is 18.3 Å². The van der Waals surface area contributed by atoms with Crippen molar-refractivity contribution in [1.82, 2.24) is 10.3 Å². The van der Waals surface area contributed by atoms with Crippen LogP contribution in [0.4, 0.5) is 5.69 Å². The molecule has 1 aliphatic heterocycles. The highest BCUT2D eigenvalue weighted by Gasteiger charge is 2.29. The highest BCUT2D eigenvalue weighted by molar-refractivity contribution is 8.01. The predicted octanol–water partition coefficient (Wildman–Crippen LogP) is 4.99. The van der Waals surface area contributed by atoms with Crippen molar-refractivity contribution in [2.24, 2.45) is 0 Å². The quantitative estimate of drug-likeness (QED) is 0.511. The van der Waals surface area contributed by atoms with Gasteiger partial charge < -0.3 is 15.4 Å². The van der Waals surface area contributed by atoms with Gasteiger partial charge in [-0.25, -0.2) is 0 Å². The van der Waals surface area contributed by atoms with Crippen LogP contribution in [0.3, 0.4) is 0 Å². The zero-order valence-corrected chi connectivity index (χ0v) is 19.0. The first-order chi connectivity index (χ1) is 15.5. The number of nitrogens with one attached hydrogen (secondary N) is 2. The van der Waals surface area contributed by atoms with Crippen LogP contribution in [0.1, 0.15) is 30.6 Å². The van der Waals surface area contributed by atoms with Gasteiger partial charge in [-0.3, -0.25) is 14.6 Å². The second-order valence-corrected chi connectivity index (χ2v) is 9.09. The summed E-state index contributed by atoms with van der Waals surface area (Å²) in [6, 6.07) is 18.4. The number of hydrogen-bond donors (Lipinski definition) is 2. The maximum atomic E-state index is 12.6. The lowest BCUT2D eigenvalue weighted by molar-refractivity contribution is -0.124.